The lowest BCUT2D eigenvalue weighted by Crippen LogP contribution is -2.26. The molecule has 0 saturated heterocycles. The average Bonchev–Trinajstić information content (AvgIpc) is 2.29. The molecule has 15 heavy (non-hydrogen) atoms. The minimum Gasteiger partial charge on any atom is -0.498 e. The van der Waals surface area contributed by atoms with Gasteiger partial charge in [-0.25, -0.2) is 0 Å². The first-order chi connectivity index (χ1) is 7.27. The number of hydrogen-bond donors (Lipinski definition) is 1. The Morgan fingerprint density at radius 1 is 1.33 bits per heavy atom. The Morgan fingerprint density at radius 3 is 2.73 bits per heavy atom. The van der Waals surface area contributed by atoms with E-state index in [9.17, 15) is 5.11 Å². The maximum absolute atomic E-state index is 9.51. The van der Waals surface area contributed by atoms with Gasteiger partial charge in [-0.2, -0.15) is 0 Å². The fourth-order valence-corrected chi connectivity index (χ4v) is 1.90. The third-order valence-corrected chi connectivity index (χ3v) is 2.91. The number of hydrogen-bond acceptors (Lipinski definition) is 2. The lowest BCUT2D eigenvalue weighted by Gasteiger charge is -2.28. The fourth-order valence-electron chi connectivity index (χ4n) is 1.90. The van der Waals surface area contributed by atoms with E-state index >= 15 is 0 Å². The second-order valence-electron chi connectivity index (χ2n) is 4.01. The molecule has 0 aromatic heterocycles. The summed E-state index contributed by atoms with van der Waals surface area (Å²) in [5.74, 6) is 0.311. The molecule has 0 spiro atoms. The van der Waals surface area contributed by atoms with Gasteiger partial charge in [0.15, 0.2) is 0 Å². The minimum absolute atomic E-state index is 0.0763. The van der Waals surface area contributed by atoms with Crippen LogP contribution in [0.4, 0.5) is 0 Å². The van der Waals surface area contributed by atoms with Gasteiger partial charge in [-0.1, -0.05) is 37.3 Å². The van der Waals surface area contributed by atoms with Crippen LogP contribution in [0.3, 0.4) is 0 Å². The Labute approximate surface area is 90.2 Å². The molecule has 80 valence electrons. The molecule has 1 aromatic rings. The van der Waals surface area contributed by atoms with Crippen molar-refractivity contribution in [3.63, 3.8) is 0 Å². The summed E-state index contributed by atoms with van der Waals surface area (Å²) in [7, 11) is 0. The van der Waals surface area contributed by atoms with Crippen molar-refractivity contribution in [1.82, 2.24) is 0 Å². The first-order valence-corrected chi connectivity index (χ1v) is 5.32. The van der Waals surface area contributed by atoms with E-state index in [0.29, 0.717) is 12.3 Å². The van der Waals surface area contributed by atoms with Gasteiger partial charge in [0.05, 0.1) is 12.4 Å². The average molecular weight is 204 g/mol. The summed E-state index contributed by atoms with van der Waals surface area (Å²) in [4.78, 5) is 0. The van der Waals surface area contributed by atoms with Gasteiger partial charge in [0.1, 0.15) is 6.10 Å². The molecule has 0 radical (unpaired) electrons. The molecule has 3 atom stereocenters. The number of aliphatic hydroxyl groups excluding tert-OH is 1. The molecule has 2 heteroatoms. The Kier molecular flexibility index (Phi) is 3.07. The van der Waals surface area contributed by atoms with Crippen LogP contribution in [0.15, 0.2) is 42.7 Å². The minimum atomic E-state index is -0.366. The second kappa shape index (κ2) is 4.49. The van der Waals surface area contributed by atoms with Crippen LogP contribution < -0.4 is 0 Å². The third kappa shape index (κ3) is 2.39. The summed E-state index contributed by atoms with van der Waals surface area (Å²) in [6, 6.07) is 10.3. The maximum atomic E-state index is 9.51. The largest absolute Gasteiger partial charge is 0.498 e. The van der Waals surface area contributed by atoms with Crippen LogP contribution in [-0.2, 0) is 4.74 Å². The van der Waals surface area contributed by atoms with E-state index in [-0.39, 0.29) is 12.2 Å². The zero-order valence-corrected chi connectivity index (χ0v) is 8.84. The molecule has 2 rings (SSSR count). The van der Waals surface area contributed by atoms with E-state index in [0.717, 1.165) is 0 Å². The van der Waals surface area contributed by atoms with Crippen molar-refractivity contribution >= 4 is 0 Å². The molecule has 0 amide bonds. The quantitative estimate of drug-likeness (QED) is 0.801. The van der Waals surface area contributed by atoms with Crippen LogP contribution in [0.1, 0.15) is 24.8 Å². The van der Waals surface area contributed by atoms with Crippen molar-refractivity contribution in [2.45, 2.75) is 31.5 Å². The first kappa shape index (κ1) is 10.2. The topological polar surface area (TPSA) is 29.5 Å². The van der Waals surface area contributed by atoms with Crippen molar-refractivity contribution in [2.24, 2.45) is 0 Å². The summed E-state index contributed by atoms with van der Waals surface area (Å²) >= 11 is 0. The SMILES string of the molecule is CC(c1ccccc1)[C@@H]1CC(O)C=CO1. The van der Waals surface area contributed by atoms with Gasteiger partial charge in [0.25, 0.3) is 0 Å². The Morgan fingerprint density at radius 2 is 2.07 bits per heavy atom. The predicted octanol–water partition coefficient (Wildman–Crippen LogP) is 2.45. The molecule has 1 aliphatic heterocycles. The highest BCUT2D eigenvalue weighted by Crippen LogP contribution is 2.26. The zero-order chi connectivity index (χ0) is 10.7. The molecular weight excluding hydrogens is 188 g/mol. The van der Waals surface area contributed by atoms with Crippen LogP contribution in [0.5, 0.6) is 0 Å². The molecule has 1 heterocycles. The van der Waals surface area contributed by atoms with Crippen LogP contribution in [0, 0.1) is 0 Å². The van der Waals surface area contributed by atoms with Crippen molar-refractivity contribution in [3.05, 3.63) is 48.2 Å². The predicted molar refractivity (Wildman–Crippen MR) is 59.5 cm³/mol. The van der Waals surface area contributed by atoms with Crippen LogP contribution in [0.25, 0.3) is 0 Å². The van der Waals surface area contributed by atoms with E-state index in [1.54, 1.807) is 12.3 Å². The van der Waals surface area contributed by atoms with Gasteiger partial charge in [0.2, 0.25) is 0 Å². The van der Waals surface area contributed by atoms with E-state index in [1.807, 2.05) is 18.2 Å². The van der Waals surface area contributed by atoms with Gasteiger partial charge in [0, 0.05) is 12.3 Å². The van der Waals surface area contributed by atoms with E-state index in [1.165, 1.54) is 5.56 Å². The van der Waals surface area contributed by atoms with Crippen molar-refractivity contribution in [1.29, 1.82) is 0 Å². The molecular formula is C13H16O2. The summed E-state index contributed by atoms with van der Waals surface area (Å²) in [6.45, 7) is 2.13. The van der Waals surface area contributed by atoms with Crippen molar-refractivity contribution < 1.29 is 9.84 Å². The number of ether oxygens (including phenoxy) is 1. The molecule has 0 fully saturated rings. The normalized spacial score (nSPS) is 27.1. The highest BCUT2D eigenvalue weighted by molar-refractivity contribution is 5.20. The Hall–Kier alpha value is -1.28. The molecule has 0 saturated carbocycles. The smallest absolute Gasteiger partial charge is 0.107 e. The lowest BCUT2D eigenvalue weighted by atomic mass is 9.91. The van der Waals surface area contributed by atoms with Gasteiger partial charge >= 0.3 is 0 Å². The molecule has 2 unspecified atom stereocenters. The Balaban J connectivity index is 2.08. The van der Waals surface area contributed by atoms with E-state index in [2.05, 4.69) is 19.1 Å². The summed E-state index contributed by atoms with van der Waals surface area (Å²) < 4.78 is 5.52. The Bertz CT molecular complexity index is 332. The summed E-state index contributed by atoms with van der Waals surface area (Å²) in [5, 5.41) is 9.51. The van der Waals surface area contributed by atoms with Gasteiger partial charge in [-0.05, 0) is 11.6 Å². The van der Waals surface area contributed by atoms with E-state index < -0.39 is 0 Å². The lowest BCUT2D eigenvalue weighted by molar-refractivity contribution is 0.0502. The number of benzene rings is 1. The van der Waals surface area contributed by atoms with Crippen LogP contribution in [0.2, 0.25) is 0 Å². The molecule has 2 nitrogen and oxygen atoms in total. The molecule has 0 aliphatic carbocycles. The standard InChI is InChI=1S/C13H16O2/c1-10(11-5-3-2-4-6-11)13-9-12(14)7-8-15-13/h2-8,10,12-14H,9H2,1H3/t10?,12?,13-/m0/s1. The molecule has 0 bridgehead atoms. The summed E-state index contributed by atoms with van der Waals surface area (Å²) in [5.41, 5.74) is 1.25. The molecule has 1 aliphatic rings. The first-order valence-electron chi connectivity index (χ1n) is 5.32. The van der Waals surface area contributed by atoms with E-state index in [4.69, 9.17) is 4.74 Å². The third-order valence-electron chi connectivity index (χ3n) is 2.91. The summed E-state index contributed by atoms with van der Waals surface area (Å²) in [6.07, 6.45) is 3.68. The highest BCUT2D eigenvalue weighted by Gasteiger charge is 2.24. The molecule has 1 aromatic carbocycles. The number of rotatable bonds is 2. The van der Waals surface area contributed by atoms with Gasteiger partial charge in [-0.15, -0.1) is 0 Å². The van der Waals surface area contributed by atoms with Crippen molar-refractivity contribution in [3.8, 4) is 0 Å². The van der Waals surface area contributed by atoms with Gasteiger partial charge < -0.3 is 9.84 Å². The second-order valence-corrected chi connectivity index (χ2v) is 4.01. The molecule has 1 N–H and O–H groups in total. The van der Waals surface area contributed by atoms with Gasteiger partial charge in [-0.3, -0.25) is 0 Å². The highest BCUT2D eigenvalue weighted by atomic mass is 16.5. The monoisotopic (exact) mass is 204 g/mol. The van der Waals surface area contributed by atoms with Crippen molar-refractivity contribution in [2.75, 3.05) is 0 Å². The van der Waals surface area contributed by atoms with Crippen LogP contribution >= 0.6 is 0 Å². The maximum Gasteiger partial charge on any atom is 0.107 e. The fraction of sp³-hybridized carbons (Fsp3) is 0.385. The zero-order valence-electron chi connectivity index (χ0n) is 8.84. The number of aliphatic hydroxyl groups is 1. The van der Waals surface area contributed by atoms with Crippen LogP contribution in [-0.4, -0.2) is 17.3 Å².